The number of amides is 3. The zero-order valence-corrected chi connectivity index (χ0v) is 9.32. The molecule has 3 amide bonds. The minimum absolute atomic E-state index is 0.00963. The second kappa shape index (κ2) is 3.78. The van der Waals surface area contributed by atoms with E-state index >= 15 is 0 Å². The summed E-state index contributed by atoms with van der Waals surface area (Å²) in [5.74, 6) is 0.200. The molecule has 2 fully saturated rings. The molecule has 5 nitrogen and oxygen atoms in total. The van der Waals surface area contributed by atoms with Crippen molar-refractivity contribution in [2.75, 3.05) is 6.54 Å². The fraction of sp³-hybridized carbons (Fsp3) is 0.727. The van der Waals surface area contributed by atoms with E-state index in [4.69, 9.17) is 5.26 Å². The maximum absolute atomic E-state index is 11.9. The smallest absolute Gasteiger partial charge is 0.296 e. The third-order valence-electron chi connectivity index (χ3n) is 3.61. The van der Waals surface area contributed by atoms with Crippen LogP contribution in [0.25, 0.3) is 0 Å². The number of nitrogens with one attached hydrogen (secondary N) is 1. The average molecular weight is 221 g/mol. The number of imide groups is 1. The molecule has 1 aliphatic heterocycles. The molecule has 5 heteroatoms. The molecule has 0 aromatic heterocycles. The van der Waals surface area contributed by atoms with Gasteiger partial charge < -0.3 is 0 Å². The summed E-state index contributed by atoms with van der Waals surface area (Å²) in [5.41, 5.74) is -0.746. The predicted molar refractivity (Wildman–Crippen MR) is 56.2 cm³/mol. The van der Waals surface area contributed by atoms with Crippen LogP contribution < -0.4 is 5.32 Å². The van der Waals surface area contributed by atoms with Crippen LogP contribution >= 0.6 is 0 Å². The van der Waals surface area contributed by atoms with Gasteiger partial charge in [-0.05, 0) is 18.8 Å². The average Bonchev–Trinajstić information content (AvgIpc) is 2.44. The highest BCUT2D eigenvalue weighted by molar-refractivity contribution is 6.07. The number of hydrogen-bond acceptors (Lipinski definition) is 3. The molecule has 0 aromatic carbocycles. The fourth-order valence-electron chi connectivity index (χ4n) is 2.87. The van der Waals surface area contributed by atoms with Gasteiger partial charge in [0.25, 0.3) is 5.91 Å². The van der Waals surface area contributed by atoms with Crippen molar-refractivity contribution in [3.05, 3.63) is 0 Å². The quantitative estimate of drug-likeness (QED) is 0.530. The van der Waals surface area contributed by atoms with E-state index in [-0.39, 0.29) is 12.5 Å². The van der Waals surface area contributed by atoms with E-state index in [0.29, 0.717) is 18.8 Å². The molecule has 2 aliphatic rings. The molecule has 0 radical (unpaired) electrons. The van der Waals surface area contributed by atoms with Crippen molar-refractivity contribution in [2.24, 2.45) is 5.92 Å². The van der Waals surface area contributed by atoms with Crippen molar-refractivity contribution >= 4 is 11.9 Å². The molecular weight excluding hydrogens is 206 g/mol. The lowest BCUT2D eigenvalue weighted by molar-refractivity contribution is -0.128. The van der Waals surface area contributed by atoms with Gasteiger partial charge >= 0.3 is 6.03 Å². The van der Waals surface area contributed by atoms with Crippen molar-refractivity contribution in [3.63, 3.8) is 0 Å². The summed E-state index contributed by atoms with van der Waals surface area (Å²) in [6.07, 6.45) is 3.37. The van der Waals surface area contributed by atoms with E-state index in [1.807, 2.05) is 6.07 Å². The summed E-state index contributed by atoms with van der Waals surface area (Å²) in [5, 5.41) is 11.1. The Bertz CT molecular complexity index is 374. The number of nitriles is 1. The van der Waals surface area contributed by atoms with Gasteiger partial charge in [-0.25, -0.2) is 4.79 Å². The minimum atomic E-state index is -0.746. The highest BCUT2D eigenvalue weighted by atomic mass is 16.2. The van der Waals surface area contributed by atoms with Crippen LogP contribution in [0.3, 0.4) is 0 Å². The topological polar surface area (TPSA) is 73.2 Å². The third-order valence-corrected chi connectivity index (χ3v) is 3.61. The van der Waals surface area contributed by atoms with Gasteiger partial charge in [0.2, 0.25) is 0 Å². The monoisotopic (exact) mass is 221 g/mol. The van der Waals surface area contributed by atoms with E-state index < -0.39 is 11.6 Å². The molecule has 16 heavy (non-hydrogen) atoms. The summed E-state index contributed by atoms with van der Waals surface area (Å²) < 4.78 is 0. The lowest BCUT2D eigenvalue weighted by atomic mass is 9.75. The van der Waals surface area contributed by atoms with Crippen molar-refractivity contribution in [1.82, 2.24) is 10.2 Å². The Balaban J connectivity index is 2.31. The molecule has 1 spiro atoms. The van der Waals surface area contributed by atoms with Gasteiger partial charge in [0.15, 0.2) is 0 Å². The van der Waals surface area contributed by atoms with E-state index in [1.54, 1.807) is 0 Å². The maximum atomic E-state index is 11.9. The van der Waals surface area contributed by atoms with Crippen molar-refractivity contribution in [2.45, 2.75) is 38.1 Å². The van der Waals surface area contributed by atoms with Gasteiger partial charge in [-0.3, -0.25) is 15.0 Å². The van der Waals surface area contributed by atoms with Crippen LogP contribution in [0.2, 0.25) is 0 Å². The van der Waals surface area contributed by atoms with Crippen molar-refractivity contribution in [1.29, 1.82) is 5.26 Å². The highest BCUT2D eigenvalue weighted by Gasteiger charge is 2.53. The zero-order valence-electron chi connectivity index (χ0n) is 9.32. The van der Waals surface area contributed by atoms with Crippen LogP contribution in [-0.4, -0.2) is 28.9 Å². The first kappa shape index (κ1) is 10.9. The van der Waals surface area contributed by atoms with Crippen LogP contribution in [0.5, 0.6) is 0 Å². The number of carbonyl (C=O) groups is 2. The summed E-state index contributed by atoms with van der Waals surface area (Å²) in [4.78, 5) is 24.9. The molecule has 2 unspecified atom stereocenters. The lowest BCUT2D eigenvalue weighted by Gasteiger charge is -2.39. The van der Waals surface area contributed by atoms with Gasteiger partial charge in [0, 0.05) is 0 Å². The largest absolute Gasteiger partial charge is 0.325 e. The summed E-state index contributed by atoms with van der Waals surface area (Å²) >= 11 is 0. The number of urea groups is 1. The Hall–Kier alpha value is -1.57. The first-order valence-corrected chi connectivity index (χ1v) is 5.60. The first-order valence-electron chi connectivity index (χ1n) is 5.60. The molecule has 0 aromatic rings. The normalized spacial score (nSPS) is 34.0. The second-order valence-electron chi connectivity index (χ2n) is 4.74. The van der Waals surface area contributed by atoms with E-state index in [9.17, 15) is 9.59 Å². The standard InChI is InChI=1S/C11H15N3O2/c1-8-3-2-4-11(7-8)9(15)13-10(16)14(11)6-5-12/h8H,2-4,6-7H2,1H3,(H,13,15,16). The van der Waals surface area contributed by atoms with Gasteiger partial charge in [-0.2, -0.15) is 5.26 Å². The molecule has 1 saturated heterocycles. The van der Waals surface area contributed by atoms with E-state index in [1.165, 1.54) is 4.90 Å². The molecule has 1 aliphatic carbocycles. The third kappa shape index (κ3) is 1.45. The van der Waals surface area contributed by atoms with Crippen LogP contribution in [0.4, 0.5) is 4.79 Å². The zero-order chi connectivity index (χ0) is 11.8. The van der Waals surface area contributed by atoms with Gasteiger partial charge in [-0.1, -0.05) is 19.8 Å². The molecule has 2 atom stereocenters. The first-order chi connectivity index (χ1) is 7.60. The second-order valence-corrected chi connectivity index (χ2v) is 4.74. The maximum Gasteiger partial charge on any atom is 0.325 e. The molecule has 1 heterocycles. The Morgan fingerprint density at radius 1 is 1.62 bits per heavy atom. The van der Waals surface area contributed by atoms with Crippen LogP contribution in [0.15, 0.2) is 0 Å². The number of nitrogens with zero attached hydrogens (tertiary/aromatic N) is 2. The SMILES string of the molecule is CC1CCCC2(C1)C(=O)NC(=O)N2CC#N. The van der Waals surface area contributed by atoms with Gasteiger partial charge in [0.1, 0.15) is 12.1 Å². The summed E-state index contributed by atoms with van der Waals surface area (Å²) in [7, 11) is 0. The van der Waals surface area contributed by atoms with Gasteiger partial charge in [0.05, 0.1) is 6.07 Å². The minimum Gasteiger partial charge on any atom is -0.296 e. The number of carbonyl (C=O) groups excluding carboxylic acids is 2. The number of hydrogen-bond donors (Lipinski definition) is 1. The molecule has 1 saturated carbocycles. The highest BCUT2D eigenvalue weighted by Crippen LogP contribution is 2.39. The number of rotatable bonds is 1. The van der Waals surface area contributed by atoms with Crippen LogP contribution in [-0.2, 0) is 4.79 Å². The predicted octanol–water partition coefficient (Wildman–Crippen LogP) is 1.01. The molecule has 2 rings (SSSR count). The van der Waals surface area contributed by atoms with E-state index in [2.05, 4.69) is 12.2 Å². The Morgan fingerprint density at radius 3 is 3.00 bits per heavy atom. The molecule has 1 N–H and O–H groups in total. The molecule has 86 valence electrons. The van der Waals surface area contributed by atoms with Crippen LogP contribution in [0, 0.1) is 17.2 Å². The molecule has 0 bridgehead atoms. The Kier molecular flexibility index (Phi) is 2.58. The lowest BCUT2D eigenvalue weighted by Crippen LogP contribution is -2.52. The fourth-order valence-corrected chi connectivity index (χ4v) is 2.87. The summed E-state index contributed by atoms with van der Waals surface area (Å²) in [6.45, 7) is 2.08. The Labute approximate surface area is 94.4 Å². The van der Waals surface area contributed by atoms with Crippen LogP contribution in [0.1, 0.15) is 32.6 Å². The van der Waals surface area contributed by atoms with Crippen molar-refractivity contribution < 1.29 is 9.59 Å². The molecular formula is C11H15N3O2. The Morgan fingerprint density at radius 2 is 2.38 bits per heavy atom. The van der Waals surface area contributed by atoms with Crippen molar-refractivity contribution in [3.8, 4) is 6.07 Å². The van der Waals surface area contributed by atoms with E-state index in [0.717, 1.165) is 12.8 Å². The van der Waals surface area contributed by atoms with Gasteiger partial charge in [-0.15, -0.1) is 0 Å². The summed E-state index contributed by atoms with van der Waals surface area (Å²) in [6, 6.07) is 1.54.